The molecule has 5 heteroatoms. The number of nitrogens with two attached hydrogens (primary N) is 1. The van der Waals surface area contributed by atoms with E-state index < -0.39 is 0 Å². The van der Waals surface area contributed by atoms with E-state index in [9.17, 15) is 0 Å². The van der Waals surface area contributed by atoms with Crippen LogP contribution in [0.5, 0.6) is 0 Å². The minimum atomic E-state index is 0.324. The molecule has 0 fully saturated rings. The van der Waals surface area contributed by atoms with E-state index in [1.165, 1.54) is 12.4 Å². The molecule has 0 radical (unpaired) electrons. The molecule has 9 heavy (non-hydrogen) atoms. The fourth-order valence-corrected chi connectivity index (χ4v) is 0.559. The monoisotopic (exact) mass is 144 g/mol. The molecule has 1 aromatic rings. The second-order valence-corrected chi connectivity index (χ2v) is 1.76. The molecule has 0 saturated heterocycles. The number of halogens is 1. The van der Waals surface area contributed by atoms with Gasteiger partial charge in [-0.1, -0.05) is 11.6 Å². The van der Waals surface area contributed by atoms with Crippen molar-refractivity contribution in [3.05, 3.63) is 17.5 Å². The number of rotatable bonds is 1. The minimum Gasteiger partial charge on any atom is -0.307 e. The largest absolute Gasteiger partial charge is 0.307 e. The van der Waals surface area contributed by atoms with E-state index in [4.69, 9.17) is 17.4 Å². The Morgan fingerprint density at radius 3 is 2.78 bits per heavy atom. The van der Waals surface area contributed by atoms with Crippen molar-refractivity contribution in [3.63, 3.8) is 0 Å². The van der Waals surface area contributed by atoms with Crippen LogP contribution in [0.3, 0.4) is 0 Å². The van der Waals surface area contributed by atoms with Crippen molar-refractivity contribution in [1.82, 2.24) is 9.97 Å². The lowest BCUT2D eigenvalue weighted by atomic mass is 10.7. The van der Waals surface area contributed by atoms with Gasteiger partial charge in [0.2, 0.25) is 0 Å². The molecular weight excluding hydrogens is 140 g/mol. The van der Waals surface area contributed by atoms with Crippen LogP contribution in [-0.4, -0.2) is 9.97 Å². The molecule has 0 aliphatic carbocycles. The summed E-state index contributed by atoms with van der Waals surface area (Å²) in [7, 11) is 0. The highest BCUT2D eigenvalue weighted by Crippen LogP contribution is 2.03. The highest BCUT2D eigenvalue weighted by molar-refractivity contribution is 6.29. The van der Waals surface area contributed by atoms with E-state index in [1.54, 1.807) is 0 Å². The predicted octanol–water partition coefficient (Wildman–Crippen LogP) is 0.416. The second-order valence-electron chi connectivity index (χ2n) is 1.37. The summed E-state index contributed by atoms with van der Waals surface area (Å²) in [6, 6.07) is 0. The van der Waals surface area contributed by atoms with Crippen molar-refractivity contribution in [2.24, 2.45) is 5.84 Å². The average Bonchev–Trinajstić information content (AvgIpc) is 1.88. The van der Waals surface area contributed by atoms with Crippen LogP contribution in [0.2, 0.25) is 5.15 Å². The molecule has 0 aliphatic heterocycles. The lowest BCUT2D eigenvalue weighted by Crippen LogP contribution is -2.08. The first-order chi connectivity index (χ1) is 4.33. The number of hydrogen-bond acceptors (Lipinski definition) is 4. The van der Waals surface area contributed by atoms with Gasteiger partial charge in [-0.3, -0.25) is 4.98 Å². The van der Waals surface area contributed by atoms with Gasteiger partial charge in [0.05, 0.1) is 12.4 Å². The molecule has 0 amide bonds. The van der Waals surface area contributed by atoms with E-state index in [1.807, 2.05) is 0 Å². The molecule has 0 unspecified atom stereocenters. The standard InChI is InChI=1S/C4H5ClN4/c5-3-1-7-2-4(8-3)9-6/h1-2H,6H2,(H,8,9). The van der Waals surface area contributed by atoms with Gasteiger partial charge in [-0.25, -0.2) is 10.8 Å². The molecule has 1 rings (SSSR count). The molecule has 4 nitrogen and oxygen atoms in total. The molecule has 1 heterocycles. The number of nitrogen functional groups attached to an aromatic ring is 1. The molecule has 0 aliphatic rings. The Bertz CT molecular complexity index is 202. The van der Waals surface area contributed by atoms with Crippen molar-refractivity contribution in [3.8, 4) is 0 Å². The molecule has 3 N–H and O–H groups in total. The topological polar surface area (TPSA) is 63.8 Å². The van der Waals surface area contributed by atoms with Crippen molar-refractivity contribution in [1.29, 1.82) is 0 Å². The summed E-state index contributed by atoms with van der Waals surface area (Å²) in [6.45, 7) is 0. The van der Waals surface area contributed by atoms with Crippen LogP contribution < -0.4 is 11.3 Å². The third kappa shape index (κ3) is 1.51. The highest BCUT2D eigenvalue weighted by atomic mass is 35.5. The average molecular weight is 145 g/mol. The number of nitrogens with one attached hydrogen (secondary N) is 1. The first-order valence-corrected chi connectivity index (χ1v) is 2.65. The van der Waals surface area contributed by atoms with E-state index in [0.29, 0.717) is 11.0 Å². The van der Waals surface area contributed by atoms with Crippen molar-refractivity contribution >= 4 is 17.4 Å². The number of hydrazine groups is 1. The van der Waals surface area contributed by atoms with Crippen LogP contribution in [0.1, 0.15) is 0 Å². The smallest absolute Gasteiger partial charge is 0.160 e. The molecule has 0 spiro atoms. The molecule has 1 aromatic heterocycles. The van der Waals surface area contributed by atoms with Gasteiger partial charge >= 0.3 is 0 Å². The summed E-state index contributed by atoms with van der Waals surface area (Å²) in [6.07, 6.45) is 2.91. The maximum absolute atomic E-state index is 5.45. The fourth-order valence-electron chi connectivity index (χ4n) is 0.412. The molecular formula is C4H5ClN4. The predicted molar refractivity (Wildman–Crippen MR) is 34.9 cm³/mol. The van der Waals surface area contributed by atoms with Crippen LogP contribution in [-0.2, 0) is 0 Å². The van der Waals surface area contributed by atoms with Gasteiger partial charge < -0.3 is 5.43 Å². The Labute approximate surface area is 57.0 Å². The van der Waals surface area contributed by atoms with Gasteiger partial charge in [-0.2, -0.15) is 0 Å². The van der Waals surface area contributed by atoms with Crippen LogP contribution in [0.25, 0.3) is 0 Å². The molecule has 0 bridgehead atoms. The van der Waals surface area contributed by atoms with Crippen molar-refractivity contribution in [2.75, 3.05) is 5.43 Å². The van der Waals surface area contributed by atoms with Gasteiger partial charge in [0.1, 0.15) is 5.15 Å². The number of aromatic nitrogens is 2. The van der Waals surface area contributed by atoms with E-state index >= 15 is 0 Å². The van der Waals surface area contributed by atoms with E-state index in [-0.39, 0.29) is 0 Å². The van der Waals surface area contributed by atoms with Gasteiger partial charge in [0.15, 0.2) is 5.82 Å². The van der Waals surface area contributed by atoms with Crippen molar-refractivity contribution in [2.45, 2.75) is 0 Å². The Kier molecular flexibility index (Phi) is 1.81. The fraction of sp³-hybridized carbons (Fsp3) is 0. The van der Waals surface area contributed by atoms with Crippen LogP contribution >= 0.6 is 11.6 Å². The lowest BCUT2D eigenvalue weighted by molar-refractivity contribution is 1.16. The van der Waals surface area contributed by atoms with E-state index in [2.05, 4.69) is 15.4 Å². The Hall–Kier alpha value is -0.870. The summed E-state index contributed by atoms with van der Waals surface area (Å²) >= 11 is 5.45. The Morgan fingerprint density at radius 2 is 2.33 bits per heavy atom. The van der Waals surface area contributed by atoms with Crippen LogP contribution in [0.15, 0.2) is 12.4 Å². The Balaban J connectivity index is 2.94. The van der Waals surface area contributed by atoms with Crippen molar-refractivity contribution < 1.29 is 0 Å². The first-order valence-electron chi connectivity index (χ1n) is 2.27. The zero-order valence-electron chi connectivity index (χ0n) is 4.50. The Morgan fingerprint density at radius 1 is 1.56 bits per heavy atom. The minimum absolute atomic E-state index is 0.324. The quantitative estimate of drug-likeness (QED) is 0.443. The van der Waals surface area contributed by atoms with Gasteiger partial charge in [-0.05, 0) is 0 Å². The zero-order chi connectivity index (χ0) is 6.69. The number of anilines is 1. The second kappa shape index (κ2) is 2.61. The highest BCUT2D eigenvalue weighted by Gasteiger charge is 1.89. The third-order valence-corrected chi connectivity index (χ3v) is 0.935. The van der Waals surface area contributed by atoms with Crippen LogP contribution in [0, 0.1) is 0 Å². The molecule has 0 aromatic carbocycles. The van der Waals surface area contributed by atoms with Crippen LogP contribution in [0.4, 0.5) is 5.82 Å². The molecule has 0 saturated carbocycles. The first kappa shape index (κ1) is 6.25. The lowest BCUT2D eigenvalue weighted by Gasteiger charge is -1.94. The summed E-state index contributed by atoms with van der Waals surface area (Å²) in [5.41, 5.74) is 2.31. The zero-order valence-corrected chi connectivity index (χ0v) is 5.26. The molecule has 0 atom stereocenters. The summed E-state index contributed by atoms with van der Waals surface area (Å²) in [5.74, 6) is 5.47. The summed E-state index contributed by atoms with van der Waals surface area (Å²) in [5, 5.41) is 0.324. The maximum atomic E-state index is 5.45. The van der Waals surface area contributed by atoms with Gasteiger partial charge in [0, 0.05) is 0 Å². The van der Waals surface area contributed by atoms with Gasteiger partial charge in [-0.15, -0.1) is 0 Å². The SMILES string of the molecule is NNc1cncc(Cl)n1. The third-order valence-electron chi connectivity index (χ3n) is 0.753. The maximum Gasteiger partial charge on any atom is 0.160 e. The summed E-state index contributed by atoms with van der Waals surface area (Å²) in [4.78, 5) is 7.48. The summed E-state index contributed by atoms with van der Waals surface area (Å²) < 4.78 is 0. The number of nitrogens with zero attached hydrogens (tertiary/aromatic N) is 2. The van der Waals surface area contributed by atoms with Gasteiger partial charge in [0.25, 0.3) is 0 Å². The molecule has 48 valence electrons. The normalized spacial score (nSPS) is 9.11. The van der Waals surface area contributed by atoms with E-state index in [0.717, 1.165) is 0 Å². The number of hydrogen-bond donors (Lipinski definition) is 2.